The van der Waals surface area contributed by atoms with Crippen LogP contribution in [0.15, 0.2) is 42.5 Å². The van der Waals surface area contributed by atoms with E-state index in [4.69, 9.17) is 4.74 Å². The second-order valence-corrected chi connectivity index (χ2v) is 6.64. The molecule has 0 bridgehead atoms. The number of carboxylic acids is 1. The minimum Gasteiger partial charge on any atom is -0.483 e. The van der Waals surface area contributed by atoms with Gasteiger partial charge < -0.3 is 9.84 Å². The summed E-state index contributed by atoms with van der Waals surface area (Å²) in [5, 5.41) is 11.1. The van der Waals surface area contributed by atoms with Gasteiger partial charge in [0.25, 0.3) is 5.91 Å². The van der Waals surface area contributed by atoms with Crippen LogP contribution < -0.4 is 15.6 Å². The first kappa shape index (κ1) is 18.7. The summed E-state index contributed by atoms with van der Waals surface area (Å²) >= 11 is 0. The molecule has 0 radical (unpaired) electrons. The number of amides is 2. The van der Waals surface area contributed by atoms with Gasteiger partial charge in [-0.2, -0.15) is 0 Å². The van der Waals surface area contributed by atoms with Gasteiger partial charge in [-0.05, 0) is 24.3 Å². The van der Waals surface area contributed by atoms with Crippen LogP contribution in [0.2, 0.25) is 0 Å². The van der Waals surface area contributed by atoms with Crippen LogP contribution >= 0.6 is 0 Å². The van der Waals surface area contributed by atoms with E-state index in [2.05, 4.69) is 10.9 Å². The Morgan fingerprint density at radius 2 is 1.67 bits per heavy atom. The summed E-state index contributed by atoms with van der Waals surface area (Å²) in [7, 11) is 0. The summed E-state index contributed by atoms with van der Waals surface area (Å²) < 4.78 is 5.56. The van der Waals surface area contributed by atoms with Gasteiger partial charge in [-0.3, -0.25) is 25.2 Å². The maximum atomic E-state index is 12.2. The summed E-state index contributed by atoms with van der Waals surface area (Å²) in [4.78, 5) is 35.5. The summed E-state index contributed by atoms with van der Waals surface area (Å²) in [5.74, 6) is -2.72. The van der Waals surface area contributed by atoms with Crippen LogP contribution in [-0.2, 0) is 14.4 Å². The number of carboxylic acid groups (broad SMARTS) is 1. The molecule has 1 aliphatic rings. The summed E-state index contributed by atoms with van der Waals surface area (Å²) in [5.41, 5.74) is 4.63. The van der Waals surface area contributed by atoms with Crippen molar-refractivity contribution in [2.24, 2.45) is 11.8 Å². The molecular formula is C20H22N2O5. The third-order valence-electron chi connectivity index (χ3n) is 4.85. The first-order chi connectivity index (χ1) is 13.1. The van der Waals surface area contributed by atoms with Gasteiger partial charge in [-0.25, -0.2) is 0 Å². The Bertz CT molecular complexity index is 846. The number of benzene rings is 2. The molecular weight excluding hydrogens is 348 g/mol. The molecule has 1 aliphatic carbocycles. The van der Waals surface area contributed by atoms with E-state index in [9.17, 15) is 19.5 Å². The highest BCUT2D eigenvalue weighted by Crippen LogP contribution is 2.30. The van der Waals surface area contributed by atoms with Gasteiger partial charge in [0.05, 0.1) is 11.8 Å². The average Bonchev–Trinajstić information content (AvgIpc) is 2.70. The van der Waals surface area contributed by atoms with Gasteiger partial charge >= 0.3 is 5.97 Å². The number of nitrogens with one attached hydrogen (secondary N) is 2. The molecule has 2 aromatic rings. The van der Waals surface area contributed by atoms with E-state index < -0.39 is 29.6 Å². The fraction of sp³-hybridized carbons (Fsp3) is 0.350. The summed E-state index contributed by atoms with van der Waals surface area (Å²) in [6.07, 6.45) is 2.59. The highest BCUT2D eigenvalue weighted by atomic mass is 16.5. The number of hydrogen-bond donors (Lipinski definition) is 3. The first-order valence-corrected chi connectivity index (χ1v) is 8.98. The number of aliphatic carboxylic acids is 1. The third-order valence-corrected chi connectivity index (χ3v) is 4.85. The van der Waals surface area contributed by atoms with E-state index >= 15 is 0 Å². The van der Waals surface area contributed by atoms with E-state index in [1.807, 2.05) is 36.4 Å². The lowest BCUT2D eigenvalue weighted by Crippen LogP contribution is -2.49. The minimum absolute atomic E-state index is 0.263. The number of carbonyl (C=O) groups is 3. The Morgan fingerprint density at radius 1 is 0.963 bits per heavy atom. The molecule has 0 saturated heterocycles. The van der Waals surface area contributed by atoms with Gasteiger partial charge in [0.15, 0.2) is 6.61 Å². The molecule has 0 aliphatic heterocycles. The number of hydrogen-bond acceptors (Lipinski definition) is 4. The molecule has 7 heteroatoms. The Balaban J connectivity index is 1.52. The second-order valence-electron chi connectivity index (χ2n) is 6.64. The molecule has 1 saturated carbocycles. The van der Waals surface area contributed by atoms with Gasteiger partial charge in [0.2, 0.25) is 5.91 Å². The van der Waals surface area contributed by atoms with Crippen LogP contribution in [0.25, 0.3) is 10.8 Å². The topological polar surface area (TPSA) is 105 Å². The maximum Gasteiger partial charge on any atom is 0.307 e. The Morgan fingerprint density at radius 3 is 2.44 bits per heavy atom. The molecule has 0 heterocycles. The van der Waals surface area contributed by atoms with Crippen molar-refractivity contribution in [2.75, 3.05) is 6.61 Å². The number of ether oxygens (including phenoxy) is 1. The predicted octanol–water partition coefficient (Wildman–Crippen LogP) is 2.26. The van der Waals surface area contributed by atoms with Crippen molar-refractivity contribution in [1.82, 2.24) is 10.9 Å². The molecule has 2 aromatic carbocycles. The van der Waals surface area contributed by atoms with E-state index in [0.717, 1.165) is 23.6 Å². The van der Waals surface area contributed by atoms with Crippen LogP contribution in [0, 0.1) is 11.8 Å². The van der Waals surface area contributed by atoms with Crippen molar-refractivity contribution < 1.29 is 24.2 Å². The molecule has 2 amide bonds. The molecule has 3 N–H and O–H groups in total. The average molecular weight is 370 g/mol. The van der Waals surface area contributed by atoms with Gasteiger partial charge in [0, 0.05) is 5.39 Å². The van der Waals surface area contributed by atoms with E-state index in [1.165, 1.54) is 0 Å². The molecule has 0 unspecified atom stereocenters. The Hall–Kier alpha value is -3.09. The minimum atomic E-state index is -0.972. The molecule has 142 valence electrons. The van der Waals surface area contributed by atoms with Crippen molar-refractivity contribution in [3.05, 3.63) is 42.5 Å². The molecule has 0 spiro atoms. The first-order valence-electron chi connectivity index (χ1n) is 8.98. The van der Waals surface area contributed by atoms with E-state index in [-0.39, 0.29) is 6.61 Å². The van der Waals surface area contributed by atoms with E-state index in [1.54, 1.807) is 6.07 Å². The number of hydrazine groups is 1. The van der Waals surface area contributed by atoms with Crippen molar-refractivity contribution in [3.8, 4) is 5.75 Å². The Kier molecular flexibility index (Phi) is 5.90. The number of rotatable bonds is 5. The zero-order valence-corrected chi connectivity index (χ0v) is 14.8. The second kappa shape index (κ2) is 8.53. The quantitative estimate of drug-likeness (QED) is 0.700. The van der Waals surface area contributed by atoms with Crippen LogP contribution in [-0.4, -0.2) is 29.5 Å². The lowest BCUT2D eigenvalue weighted by Gasteiger charge is -2.27. The van der Waals surface area contributed by atoms with Crippen molar-refractivity contribution in [2.45, 2.75) is 25.7 Å². The Labute approximate surface area is 156 Å². The van der Waals surface area contributed by atoms with E-state index in [0.29, 0.717) is 18.6 Å². The third kappa shape index (κ3) is 4.55. The summed E-state index contributed by atoms with van der Waals surface area (Å²) in [6, 6.07) is 13.2. The molecule has 2 atom stereocenters. The van der Waals surface area contributed by atoms with Crippen molar-refractivity contribution in [1.29, 1.82) is 0 Å². The highest BCUT2D eigenvalue weighted by Gasteiger charge is 2.35. The smallest absolute Gasteiger partial charge is 0.307 e. The van der Waals surface area contributed by atoms with Crippen LogP contribution in [0.1, 0.15) is 25.7 Å². The fourth-order valence-electron chi connectivity index (χ4n) is 3.47. The van der Waals surface area contributed by atoms with Crippen LogP contribution in [0.5, 0.6) is 5.75 Å². The lowest BCUT2D eigenvalue weighted by atomic mass is 9.79. The molecule has 27 heavy (non-hydrogen) atoms. The molecule has 0 aromatic heterocycles. The fourth-order valence-corrected chi connectivity index (χ4v) is 3.47. The molecule has 3 rings (SSSR count). The summed E-state index contributed by atoms with van der Waals surface area (Å²) in [6.45, 7) is -0.263. The van der Waals surface area contributed by atoms with Crippen LogP contribution in [0.3, 0.4) is 0 Å². The zero-order valence-electron chi connectivity index (χ0n) is 14.8. The van der Waals surface area contributed by atoms with Crippen LogP contribution in [0.4, 0.5) is 0 Å². The maximum absolute atomic E-state index is 12.2. The monoisotopic (exact) mass is 370 g/mol. The zero-order chi connectivity index (χ0) is 19.2. The SMILES string of the molecule is O=C(COc1cccc2ccccc12)NNC(=O)[C@@H]1CCCC[C@H]1C(=O)O. The van der Waals surface area contributed by atoms with Crippen molar-refractivity contribution in [3.63, 3.8) is 0 Å². The predicted molar refractivity (Wildman–Crippen MR) is 98.8 cm³/mol. The number of fused-ring (bicyclic) bond motifs is 1. The molecule has 1 fully saturated rings. The van der Waals surface area contributed by atoms with Crippen molar-refractivity contribution >= 4 is 28.6 Å². The largest absolute Gasteiger partial charge is 0.483 e. The number of carbonyl (C=O) groups excluding carboxylic acids is 2. The normalized spacial score (nSPS) is 19.3. The standard InChI is InChI=1S/C20H22N2O5/c23-18(12-27-17-11-5-7-13-6-1-2-8-14(13)17)21-22-19(24)15-9-3-4-10-16(15)20(25)26/h1-2,5-8,11,15-16H,3-4,9-10,12H2,(H,21,23)(H,22,24)(H,25,26)/t15-,16-/m1/s1. The van der Waals surface area contributed by atoms with Gasteiger partial charge in [-0.1, -0.05) is 49.2 Å². The highest BCUT2D eigenvalue weighted by molar-refractivity contribution is 5.89. The van der Waals surface area contributed by atoms with Gasteiger partial charge in [0.1, 0.15) is 5.75 Å². The molecule has 7 nitrogen and oxygen atoms in total. The lowest BCUT2D eigenvalue weighted by molar-refractivity contribution is -0.149. The van der Waals surface area contributed by atoms with Gasteiger partial charge in [-0.15, -0.1) is 0 Å².